The molecule has 0 radical (unpaired) electrons. The third kappa shape index (κ3) is 7.25. The number of hydroxylamine groups is 2. The van der Waals surface area contributed by atoms with Crippen molar-refractivity contribution in [2.75, 3.05) is 10.1 Å². The Hall–Kier alpha value is -3.54. The molecular formula is C26H33N4O7-. The number of ether oxygens (including phenoxy) is 1. The summed E-state index contributed by atoms with van der Waals surface area (Å²) in [5.74, 6) is -2.49. The zero-order valence-corrected chi connectivity index (χ0v) is 21.8. The molecule has 200 valence electrons. The number of carboxylic acid groups (broad SMARTS) is 1. The summed E-state index contributed by atoms with van der Waals surface area (Å²) < 4.78 is 5.47. The Balaban J connectivity index is 1.85. The van der Waals surface area contributed by atoms with Gasteiger partial charge < -0.3 is 20.1 Å². The molecular weight excluding hydrogens is 480 g/mol. The van der Waals surface area contributed by atoms with Crippen LogP contribution in [0, 0.1) is 11.1 Å². The predicted octanol–water partition coefficient (Wildman–Crippen LogP) is 3.67. The highest BCUT2D eigenvalue weighted by Gasteiger charge is 2.49. The number of benzene rings is 1. The molecule has 1 aliphatic rings. The second-order valence-electron chi connectivity index (χ2n) is 10.8. The molecule has 2 heterocycles. The van der Waals surface area contributed by atoms with E-state index in [-0.39, 0.29) is 23.0 Å². The van der Waals surface area contributed by atoms with Crippen LogP contribution in [0.25, 0.3) is 0 Å². The highest BCUT2D eigenvalue weighted by atomic mass is 16.7. The number of nitrogens with one attached hydrogen (secondary N) is 1. The molecule has 3 rings (SSSR count). The van der Waals surface area contributed by atoms with Gasteiger partial charge in [0, 0.05) is 17.8 Å². The van der Waals surface area contributed by atoms with Gasteiger partial charge in [-0.1, -0.05) is 18.2 Å². The van der Waals surface area contributed by atoms with E-state index >= 15 is 0 Å². The lowest BCUT2D eigenvalue weighted by atomic mass is 9.77. The highest BCUT2D eigenvalue weighted by Crippen LogP contribution is 2.30. The highest BCUT2D eigenvalue weighted by molar-refractivity contribution is 6.00. The standard InChI is InChI=1S/C26H33N4O7/c1-25(2,3)36-24(34)30(37-26(4,5)6)19-15-16(12-13-27-19)14-18-20(28-21(18)23(32)33)22(31)29(35)17-10-8-7-9-11-17/h7-13,15,18,20-21,28H,14H2,1-6H3,(H,32,33)/q-1/t18-,20?,21+/m1/s1. The third-order valence-electron chi connectivity index (χ3n) is 5.35. The maximum Gasteiger partial charge on any atom is 0.440 e. The summed E-state index contributed by atoms with van der Waals surface area (Å²) in [4.78, 5) is 47.6. The maximum atomic E-state index is 12.9. The van der Waals surface area contributed by atoms with Crippen molar-refractivity contribution < 1.29 is 29.1 Å². The minimum absolute atomic E-state index is 0.135. The van der Waals surface area contributed by atoms with Crippen LogP contribution in [-0.2, 0) is 25.6 Å². The molecule has 0 bridgehead atoms. The molecule has 1 saturated heterocycles. The molecule has 1 fully saturated rings. The van der Waals surface area contributed by atoms with Crippen LogP contribution in [0.4, 0.5) is 16.3 Å². The molecule has 0 spiro atoms. The van der Waals surface area contributed by atoms with E-state index in [4.69, 9.17) is 9.57 Å². The number of amides is 2. The Labute approximate surface area is 215 Å². The number of pyridine rings is 1. The lowest BCUT2D eigenvalue weighted by Crippen LogP contribution is -2.70. The van der Waals surface area contributed by atoms with Crippen molar-refractivity contribution in [2.45, 2.75) is 71.2 Å². The molecule has 2 amide bonds. The van der Waals surface area contributed by atoms with Gasteiger partial charge in [-0.05, 0) is 77.8 Å². The Morgan fingerprint density at radius 3 is 2.24 bits per heavy atom. The number of anilines is 2. The van der Waals surface area contributed by atoms with Gasteiger partial charge in [0.2, 0.25) is 5.91 Å². The average Bonchev–Trinajstić information content (AvgIpc) is 2.78. The number of carbonyl (C=O) groups excluding carboxylic acids is 2. The molecule has 1 aliphatic heterocycles. The largest absolute Gasteiger partial charge is 0.752 e. The lowest BCUT2D eigenvalue weighted by molar-refractivity contribution is -0.147. The second kappa shape index (κ2) is 10.8. The van der Waals surface area contributed by atoms with Crippen molar-refractivity contribution >= 4 is 29.5 Å². The average molecular weight is 514 g/mol. The van der Waals surface area contributed by atoms with Gasteiger partial charge in [0.1, 0.15) is 11.6 Å². The summed E-state index contributed by atoms with van der Waals surface area (Å²) in [6.07, 6.45) is 0.825. The zero-order valence-electron chi connectivity index (χ0n) is 21.8. The zero-order chi connectivity index (χ0) is 27.5. The summed E-state index contributed by atoms with van der Waals surface area (Å²) in [6, 6.07) is 9.19. The van der Waals surface area contributed by atoms with Gasteiger partial charge in [-0.25, -0.2) is 9.78 Å². The van der Waals surface area contributed by atoms with Gasteiger partial charge in [-0.15, -0.1) is 5.06 Å². The fourth-order valence-corrected chi connectivity index (χ4v) is 3.80. The van der Waals surface area contributed by atoms with Crippen LogP contribution in [0.5, 0.6) is 0 Å². The van der Waals surface area contributed by atoms with Gasteiger partial charge in [-0.2, -0.15) is 0 Å². The van der Waals surface area contributed by atoms with E-state index in [1.165, 1.54) is 18.3 Å². The number of carbonyl (C=O) groups is 3. The van der Waals surface area contributed by atoms with Crippen LogP contribution >= 0.6 is 0 Å². The Morgan fingerprint density at radius 2 is 1.68 bits per heavy atom. The van der Waals surface area contributed by atoms with Crippen molar-refractivity contribution in [2.24, 2.45) is 5.92 Å². The molecule has 0 saturated carbocycles. The van der Waals surface area contributed by atoms with E-state index in [9.17, 15) is 24.7 Å². The first-order chi connectivity index (χ1) is 17.2. The first kappa shape index (κ1) is 28.0. The topological polar surface area (TPSA) is 144 Å². The van der Waals surface area contributed by atoms with Crippen LogP contribution in [-0.4, -0.2) is 51.3 Å². The van der Waals surface area contributed by atoms with Crippen LogP contribution in [0.1, 0.15) is 47.1 Å². The van der Waals surface area contributed by atoms with E-state index in [2.05, 4.69) is 10.3 Å². The maximum absolute atomic E-state index is 12.9. The second-order valence-corrected chi connectivity index (χ2v) is 10.8. The van der Waals surface area contributed by atoms with Gasteiger partial charge in [0.25, 0.3) is 0 Å². The number of aliphatic carboxylic acids is 1. The Bertz CT molecular complexity index is 1130. The minimum atomic E-state index is -1.13. The quantitative estimate of drug-likeness (QED) is 0.530. The molecule has 3 atom stereocenters. The fraction of sp³-hybridized carbons (Fsp3) is 0.462. The van der Waals surface area contributed by atoms with Gasteiger partial charge >= 0.3 is 12.1 Å². The molecule has 2 aromatic rings. The summed E-state index contributed by atoms with van der Waals surface area (Å²) >= 11 is 0. The van der Waals surface area contributed by atoms with E-state index in [1.54, 1.807) is 71.9 Å². The summed E-state index contributed by atoms with van der Waals surface area (Å²) in [5, 5.41) is 26.2. The van der Waals surface area contributed by atoms with Gasteiger partial charge in [0.15, 0.2) is 5.82 Å². The SMILES string of the molecule is CC(C)(C)OC(=O)N(OC(C)(C)C)c1cc(C[C@@H]2C(C(=O)N([O-])c3ccccc3)N[C@@H]2C(=O)O)ccn1. The lowest BCUT2D eigenvalue weighted by Gasteiger charge is -2.46. The fourth-order valence-electron chi connectivity index (χ4n) is 3.80. The number of carboxylic acids is 1. The number of aromatic nitrogens is 1. The first-order valence-electron chi connectivity index (χ1n) is 11.9. The summed E-state index contributed by atoms with van der Waals surface area (Å²) in [5.41, 5.74) is -0.779. The molecule has 0 aliphatic carbocycles. The Kier molecular flexibility index (Phi) is 8.21. The number of hydrogen-bond acceptors (Lipinski definition) is 8. The van der Waals surface area contributed by atoms with Crippen LogP contribution in [0.15, 0.2) is 48.7 Å². The minimum Gasteiger partial charge on any atom is -0.752 e. The van der Waals surface area contributed by atoms with Crippen LogP contribution in [0.3, 0.4) is 0 Å². The number of para-hydroxylation sites is 1. The van der Waals surface area contributed by atoms with E-state index in [1.807, 2.05) is 0 Å². The van der Waals surface area contributed by atoms with Crippen molar-refractivity contribution in [1.82, 2.24) is 10.3 Å². The number of hydrogen-bond donors (Lipinski definition) is 2. The molecule has 11 heteroatoms. The molecule has 37 heavy (non-hydrogen) atoms. The third-order valence-corrected chi connectivity index (χ3v) is 5.35. The molecule has 1 unspecified atom stereocenters. The van der Waals surface area contributed by atoms with Gasteiger partial charge in [-0.3, -0.25) is 19.7 Å². The molecule has 1 aromatic heterocycles. The van der Waals surface area contributed by atoms with Crippen LogP contribution in [0.2, 0.25) is 0 Å². The smallest absolute Gasteiger partial charge is 0.440 e. The van der Waals surface area contributed by atoms with Crippen molar-refractivity contribution in [3.63, 3.8) is 0 Å². The van der Waals surface area contributed by atoms with E-state index in [0.29, 0.717) is 5.56 Å². The van der Waals surface area contributed by atoms with Crippen molar-refractivity contribution in [3.8, 4) is 0 Å². The predicted molar refractivity (Wildman–Crippen MR) is 137 cm³/mol. The van der Waals surface area contributed by atoms with E-state index in [0.717, 1.165) is 5.06 Å². The summed E-state index contributed by atoms with van der Waals surface area (Å²) in [6.45, 7) is 10.5. The van der Waals surface area contributed by atoms with Crippen molar-refractivity contribution in [3.05, 3.63) is 59.4 Å². The molecule has 11 nitrogen and oxygen atoms in total. The van der Waals surface area contributed by atoms with Crippen molar-refractivity contribution in [1.29, 1.82) is 0 Å². The monoisotopic (exact) mass is 513 g/mol. The number of rotatable bonds is 7. The van der Waals surface area contributed by atoms with Crippen LogP contribution < -0.4 is 15.4 Å². The number of nitrogens with zero attached hydrogens (tertiary/aromatic N) is 3. The molecule has 1 aromatic carbocycles. The normalized spacial score (nSPS) is 19.5. The summed E-state index contributed by atoms with van der Waals surface area (Å²) in [7, 11) is 0. The first-order valence-corrected chi connectivity index (χ1v) is 11.9. The molecule has 2 N–H and O–H groups in total. The van der Waals surface area contributed by atoms with E-state index < -0.39 is 47.2 Å². The Morgan fingerprint density at radius 1 is 1.03 bits per heavy atom. The van der Waals surface area contributed by atoms with Gasteiger partial charge in [0.05, 0.1) is 11.6 Å².